The first-order chi connectivity index (χ1) is 11.5. The number of hydrogen-bond acceptors (Lipinski definition) is 3. The van der Waals surface area contributed by atoms with Gasteiger partial charge in [0.25, 0.3) is 5.91 Å². The highest BCUT2D eigenvalue weighted by Crippen LogP contribution is 2.36. The van der Waals surface area contributed by atoms with Crippen molar-refractivity contribution < 1.29 is 4.79 Å². The van der Waals surface area contributed by atoms with Crippen molar-refractivity contribution in [1.82, 2.24) is 19.5 Å². The maximum absolute atomic E-state index is 13.0. The molecular formula is C18H17BrN4O. The van der Waals surface area contributed by atoms with Crippen LogP contribution in [0.15, 0.2) is 47.2 Å². The summed E-state index contributed by atoms with van der Waals surface area (Å²) in [7, 11) is 0. The van der Waals surface area contributed by atoms with Crippen molar-refractivity contribution in [2.75, 3.05) is 6.54 Å². The Morgan fingerprint density at radius 2 is 2.00 bits per heavy atom. The van der Waals surface area contributed by atoms with Gasteiger partial charge in [-0.15, -0.1) is 0 Å². The standard InChI is InChI=1S/C18H17BrN4O/c1-11-9-22(12(2)15-6-4-3-5-14(11)15)18(24)16-7-17-20-8-13(19)10-23(17)21-16/h3-8,10-12H,9H2,1-2H3/t11-,12+/m1/s1. The molecule has 0 radical (unpaired) electrons. The largest absolute Gasteiger partial charge is 0.330 e. The van der Waals surface area contributed by atoms with Crippen molar-refractivity contribution in [3.05, 3.63) is 64.0 Å². The molecule has 0 saturated carbocycles. The minimum atomic E-state index is -0.0505. The topological polar surface area (TPSA) is 50.5 Å². The average molecular weight is 385 g/mol. The number of carbonyl (C=O) groups is 1. The van der Waals surface area contributed by atoms with E-state index in [1.165, 1.54) is 11.1 Å². The van der Waals surface area contributed by atoms with Crippen molar-refractivity contribution in [2.24, 2.45) is 0 Å². The van der Waals surface area contributed by atoms with Gasteiger partial charge >= 0.3 is 0 Å². The van der Waals surface area contributed by atoms with E-state index in [1.54, 1.807) is 23.0 Å². The van der Waals surface area contributed by atoms with Crippen molar-refractivity contribution in [3.63, 3.8) is 0 Å². The van der Waals surface area contributed by atoms with Crippen molar-refractivity contribution in [2.45, 2.75) is 25.8 Å². The Morgan fingerprint density at radius 3 is 2.79 bits per heavy atom. The molecule has 2 aromatic heterocycles. The summed E-state index contributed by atoms with van der Waals surface area (Å²) in [6.07, 6.45) is 3.50. The van der Waals surface area contributed by atoms with E-state index in [9.17, 15) is 4.79 Å². The molecule has 0 spiro atoms. The Hall–Kier alpha value is -2.21. The Labute approximate surface area is 148 Å². The number of fused-ring (bicyclic) bond motifs is 2. The van der Waals surface area contributed by atoms with E-state index in [4.69, 9.17) is 0 Å². The SMILES string of the molecule is C[C@@H]1CN(C(=O)c2cc3ncc(Br)cn3n2)[C@@H](C)c2ccccc21. The Balaban J connectivity index is 1.71. The van der Waals surface area contributed by atoms with Crippen LogP contribution in [0.5, 0.6) is 0 Å². The monoisotopic (exact) mass is 384 g/mol. The number of aromatic nitrogens is 3. The lowest BCUT2D eigenvalue weighted by Gasteiger charge is -2.38. The fourth-order valence-corrected chi connectivity index (χ4v) is 3.72. The molecule has 0 unspecified atom stereocenters. The minimum Gasteiger partial charge on any atom is -0.330 e. The zero-order valence-corrected chi connectivity index (χ0v) is 15.1. The van der Waals surface area contributed by atoms with E-state index in [2.05, 4.69) is 58.1 Å². The lowest BCUT2D eigenvalue weighted by molar-refractivity contribution is 0.0653. The van der Waals surface area contributed by atoms with Gasteiger partial charge in [-0.05, 0) is 39.9 Å². The molecule has 1 amide bonds. The third-order valence-corrected chi connectivity index (χ3v) is 5.09. The second kappa shape index (κ2) is 5.70. The lowest BCUT2D eigenvalue weighted by Crippen LogP contribution is -2.40. The molecule has 3 aromatic rings. The van der Waals surface area contributed by atoms with E-state index < -0.39 is 0 Å². The van der Waals surface area contributed by atoms with Crippen LogP contribution in [-0.2, 0) is 0 Å². The molecular weight excluding hydrogens is 368 g/mol. The molecule has 1 aromatic carbocycles. The van der Waals surface area contributed by atoms with E-state index in [0.29, 0.717) is 23.8 Å². The Kier molecular flexibility index (Phi) is 3.64. The number of rotatable bonds is 1. The van der Waals surface area contributed by atoms with Crippen LogP contribution >= 0.6 is 15.9 Å². The van der Waals surface area contributed by atoms with Gasteiger partial charge in [-0.2, -0.15) is 5.10 Å². The molecule has 3 heterocycles. The number of nitrogens with zero attached hydrogens (tertiary/aromatic N) is 4. The highest BCUT2D eigenvalue weighted by molar-refractivity contribution is 9.10. The summed E-state index contributed by atoms with van der Waals surface area (Å²) < 4.78 is 2.45. The average Bonchev–Trinajstić information content (AvgIpc) is 3.00. The molecule has 122 valence electrons. The zero-order chi connectivity index (χ0) is 16.8. The molecule has 2 atom stereocenters. The van der Waals surface area contributed by atoms with Crippen LogP contribution < -0.4 is 0 Å². The third-order valence-electron chi connectivity index (χ3n) is 4.68. The quantitative estimate of drug-likeness (QED) is 0.640. The van der Waals surface area contributed by atoms with Gasteiger partial charge in [-0.3, -0.25) is 4.79 Å². The number of benzene rings is 1. The summed E-state index contributed by atoms with van der Waals surface area (Å²) >= 11 is 3.37. The Morgan fingerprint density at radius 1 is 1.25 bits per heavy atom. The molecule has 5 nitrogen and oxygen atoms in total. The minimum absolute atomic E-state index is 0.0365. The molecule has 4 rings (SSSR count). The van der Waals surface area contributed by atoms with Gasteiger partial charge in [0.05, 0.1) is 10.5 Å². The highest BCUT2D eigenvalue weighted by Gasteiger charge is 2.32. The summed E-state index contributed by atoms with van der Waals surface area (Å²) in [6, 6.07) is 10.1. The van der Waals surface area contributed by atoms with Gasteiger partial charge in [-0.1, -0.05) is 31.2 Å². The van der Waals surface area contributed by atoms with E-state index >= 15 is 0 Å². The summed E-state index contributed by atoms with van der Waals surface area (Å²) in [4.78, 5) is 19.2. The van der Waals surface area contributed by atoms with Crippen LogP contribution in [0.4, 0.5) is 0 Å². The highest BCUT2D eigenvalue weighted by atomic mass is 79.9. The van der Waals surface area contributed by atoms with E-state index in [0.717, 1.165) is 4.47 Å². The first kappa shape index (κ1) is 15.3. The molecule has 0 bridgehead atoms. The summed E-state index contributed by atoms with van der Waals surface area (Å²) in [5, 5.41) is 4.40. The third kappa shape index (κ3) is 2.41. The van der Waals surface area contributed by atoms with Crippen LogP contribution in [0.1, 0.15) is 47.4 Å². The number of carbonyl (C=O) groups excluding carboxylic acids is 1. The summed E-state index contributed by atoms with van der Waals surface area (Å²) in [5.41, 5.74) is 3.64. The number of hydrogen-bond donors (Lipinski definition) is 0. The van der Waals surface area contributed by atoms with Crippen molar-refractivity contribution in [3.8, 4) is 0 Å². The Bertz CT molecular complexity index is 936. The number of halogens is 1. The smallest absolute Gasteiger partial charge is 0.274 e. The van der Waals surface area contributed by atoms with Crippen LogP contribution in [0, 0.1) is 0 Å². The molecule has 6 heteroatoms. The fourth-order valence-electron chi connectivity index (χ4n) is 3.42. The fraction of sp³-hybridized carbons (Fsp3) is 0.278. The summed E-state index contributed by atoms with van der Waals surface area (Å²) in [6.45, 7) is 4.93. The molecule has 0 aliphatic carbocycles. The van der Waals surface area contributed by atoms with Gasteiger partial charge in [0.15, 0.2) is 11.3 Å². The van der Waals surface area contributed by atoms with Crippen LogP contribution in [0.3, 0.4) is 0 Å². The first-order valence-electron chi connectivity index (χ1n) is 7.95. The van der Waals surface area contributed by atoms with Crippen LogP contribution in [0.25, 0.3) is 5.65 Å². The predicted molar refractivity (Wildman–Crippen MR) is 95.0 cm³/mol. The molecule has 1 aliphatic rings. The molecule has 0 N–H and O–H groups in total. The van der Waals surface area contributed by atoms with Crippen molar-refractivity contribution >= 4 is 27.5 Å². The van der Waals surface area contributed by atoms with Crippen molar-refractivity contribution in [1.29, 1.82) is 0 Å². The lowest BCUT2D eigenvalue weighted by atomic mass is 9.86. The molecule has 1 aliphatic heterocycles. The maximum atomic E-state index is 13.0. The predicted octanol–water partition coefficient (Wildman–Crippen LogP) is 3.81. The first-order valence-corrected chi connectivity index (χ1v) is 8.74. The zero-order valence-electron chi connectivity index (χ0n) is 13.5. The number of amides is 1. The second-order valence-corrected chi connectivity index (χ2v) is 7.18. The van der Waals surface area contributed by atoms with E-state index in [1.807, 2.05) is 11.0 Å². The molecule has 0 saturated heterocycles. The molecule has 24 heavy (non-hydrogen) atoms. The van der Waals surface area contributed by atoms with Crippen LogP contribution in [0.2, 0.25) is 0 Å². The molecule has 0 fully saturated rings. The van der Waals surface area contributed by atoms with Gasteiger partial charge in [0.2, 0.25) is 0 Å². The van der Waals surface area contributed by atoms with Gasteiger partial charge < -0.3 is 4.90 Å². The van der Waals surface area contributed by atoms with E-state index in [-0.39, 0.29) is 11.9 Å². The summed E-state index contributed by atoms with van der Waals surface area (Å²) in [5.74, 6) is 0.260. The maximum Gasteiger partial charge on any atom is 0.274 e. The van der Waals surface area contributed by atoms with Crippen LogP contribution in [-0.4, -0.2) is 31.9 Å². The van der Waals surface area contributed by atoms with Gasteiger partial charge in [0, 0.05) is 25.0 Å². The normalized spacial score (nSPS) is 20.2. The second-order valence-electron chi connectivity index (χ2n) is 6.27. The van der Waals surface area contributed by atoms with Gasteiger partial charge in [-0.25, -0.2) is 9.50 Å². The van der Waals surface area contributed by atoms with Gasteiger partial charge in [0.1, 0.15) is 0 Å².